The maximum Gasteiger partial charge on any atom is 0.261 e. The summed E-state index contributed by atoms with van der Waals surface area (Å²) in [5, 5.41) is 4.00. The van der Waals surface area contributed by atoms with Crippen molar-refractivity contribution in [2.75, 3.05) is 13.7 Å². The Morgan fingerprint density at radius 3 is 2.32 bits per heavy atom. The summed E-state index contributed by atoms with van der Waals surface area (Å²) < 4.78 is 10.9. The molecule has 1 fully saturated rings. The smallest absolute Gasteiger partial charge is 0.261 e. The number of ether oxygens (including phenoxy) is 2. The minimum Gasteiger partial charge on any atom is -0.497 e. The Hall–Kier alpha value is -2.44. The molecule has 1 saturated carbocycles. The standard InChI is InChI=1S/C26H32Cl2N2O4/c1-3-24(26(32)29-19-7-5-4-6-8-19)30(16-18-9-14-22(27)23(28)15-18)25(31)17-34-21-12-10-20(33-2)11-13-21/h9-15,19,24H,3-8,16-17H2,1-2H3,(H,29,32). The van der Waals surface area contributed by atoms with Gasteiger partial charge >= 0.3 is 0 Å². The molecule has 1 atom stereocenters. The van der Waals surface area contributed by atoms with E-state index >= 15 is 0 Å². The Bertz CT molecular complexity index is 962. The minimum absolute atomic E-state index is 0.132. The van der Waals surface area contributed by atoms with E-state index in [9.17, 15) is 9.59 Å². The van der Waals surface area contributed by atoms with E-state index in [0.717, 1.165) is 31.2 Å². The number of benzene rings is 2. The molecule has 0 spiro atoms. The average Bonchev–Trinajstić information content (AvgIpc) is 2.85. The number of amides is 2. The van der Waals surface area contributed by atoms with Gasteiger partial charge in [0.15, 0.2) is 6.61 Å². The number of halogens is 2. The van der Waals surface area contributed by atoms with Gasteiger partial charge in [0.2, 0.25) is 5.91 Å². The second kappa shape index (κ2) is 12.9. The number of carbonyl (C=O) groups is 2. The van der Waals surface area contributed by atoms with Gasteiger partial charge in [0.25, 0.3) is 5.91 Å². The van der Waals surface area contributed by atoms with E-state index in [1.807, 2.05) is 13.0 Å². The number of carbonyl (C=O) groups excluding carboxylic acids is 2. The predicted molar refractivity (Wildman–Crippen MR) is 135 cm³/mol. The monoisotopic (exact) mass is 506 g/mol. The summed E-state index contributed by atoms with van der Waals surface area (Å²) in [7, 11) is 1.59. The van der Waals surface area contributed by atoms with Gasteiger partial charge in [-0.1, -0.05) is 55.5 Å². The van der Waals surface area contributed by atoms with Gasteiger partial charge < -0.3 is 19.7 Å². The van der Waals surface area contributed by atoms with E-state index in [2.05, 4.69) is 5.32 Å². The summed E-state index contributed by atoms with van der Waals surface area (Å²) in [5.41, 5.74) is 0.788. The molecule has 0 aliphatic heterocycles. The van der Waals surface area contributed by atoms with Gasteiger partial charge in [-0.05, 0) is 61.2 Å². The largest absolute Gasteiger partial charge is 0.497 e. The summed E-state index contributed by atoms with van der Waals surface area (Å²) in [6.45, 7) is 1.93. The van der Waals surface area contributed by atoms with Crippen LogP contribution in [0, 0.1) is 0 Å². The first-order valence-electron chi connectivity index (χ1n) is 11.7. The zero-order valence-corrected chi connectivity index (χ0v) is 21.2. The van der Waals surface area contributed by atoms with Crippen molar-refractivity contribution in [2.45, 2.75) is 64.1 Å². The zero-order valence-electron chi connectivity index (χ0n) is 19.7. The number of nitrogens with one attached hydrogen (secondary N) is 1. The van der Waals surface area contributed by atoms with Crippen LogP contribution in [0.25, 0.3) is 0 Å². The maximum absolute atomic E-state index is 13.3. The van der Waals surface area contributed by atoms with Crippen LogP contribution in [0.15, 0.2) is 42.5 Å². The average molecular weight is 507 g/mol. The Kier molecular flexibility index (Phi) is 9.90. The molecule has 0 radical (unpaired) electrons. The number of hydrogen-bond donors (Lipinski definition) is 1. The van der Waals surface area contributed by atoms with Gasteiger partial charge in [0.05, 0.1) is 17.2 Å². The fraction of sp³-hybridized carbons (Fsp3) is 0.462. The molecule has 34 heavy (non-hydrogen) atoms. The fourth-order valence-electron chi connectivity index (χ4n) is 4.20. The minimum atomic E-state index is -0.622. The first kappa shape index (κ1) is 26.2. The molecule has 184 valence electrons. The second-order valence-electron chi connectivity index (χ2n) is 8.50. The Labute approximate surface area is 211 Å². The lowest BCUT2D eigenvalue weighted by atomic mass is 9.95. The van der Waals surface area contributed by atoms with Crippen LogP contribution in [0.4, 0.5) is 0 Å². The molecule has 6 nitrogen and oxygen atoms in total. The molecule has 1 aliphatic carbocycles. The van der Waals surface area contributed by atoms with Crippen LogP contribution in [-0.2, 0) is 16.1 Å². The maximum atomic E-state index is 13.3. The highest BCUT2D eigenvalue weighted by molar-refractivity contribution is 6.42. The molecular weight excluding hydrogens is 475 g/mol. The lowest BCUT2D eigenvalue weighted by Crippen LogP contribution is -2.52. The summed E-state index contributed by atoms with van der Waals surface area (Å²) in [6, 6.07) is 11.8. The molecule has 1 aliphatic rings. The number of hydrogen-bond acceptors (Lipinski definition) is 4. The molecular formula is C26H32Cl2N2O4. The van der Waals surface area contributed by atoms with Crippen molar-refractivity contribution >= 4 is 35.0 Å². The van der Waals surface area contributed by atoms with Crippen LogP contribution in [0.5, 0.6) is 11.5 Å². The van der Waals surface area contributed by atoms with Crippen LogP contribution < -0.4 is 14.8 Å². The highest BCUT2D eigenvalue weighted by atomic mass is 35.5. The molecule has 0 bridgehead atoms. The first-order valence-corrected chi connectivity index (χ1v) is 12.5. The van der Waals surface area contributed by atoms with E-state index < -0.39 is 6.04 Å². The molecule has 0 saturated heterocycles. The highest BCUT2D eigenvalue weighted by Gasteiger charge is 2.30. The fourth-order valence-corrected chi connectivity index (χ4v) is 4.52. The Balaban J connectivity index is 1.76. The lowest BCUT2D eigenvalue weighted by Gasteiger charge is -2.32. The van der Waals surface area contributed by atoms with Gasteiger partial charge in [0.1, 0.15) is 17.5 Å². The molecule has 0 heterocycles. The Morgan fingerprint density at radius 2 is 1.71 bits per heavy atom. The van der Waals surface area contributed by atoms with E-state index in [1.165, 1.54) is 6.42 Å². The third-order valence-electron chi connectivity index (χ3n) is 6.10. The predicted octanol–water partition coefficient (Wildman–Crippen LogP) is 5.64. The summed E-state index contributed by atoms with van der Waals surface area (Å²) in [5.74, 6) is 0.827. The number of nitrogens with zero attached hydrogens (tertiary/aromatic N) is 1. The summed E-state index contributed by atoms with van der Waals surface area (Å²) in [4.78, 5) is 28.1. The van der Waals surface area contributed by atoms with Crippen molar-refractivity contribution in [3.8, 4) is 11.5 Å². The molecule has 1 N–H and O–H groups in total. The quantitative estimate of drug-likeness (QED) is 0.452. The van der Waals surface area contributed by atoms with Gasteiger partial charge in [0, 0.05) is 12.6 Å². The van der Waals surface area contributed by atoms with Crippen molar-refractivity contribution in [1.82, 2.24) is 10.2 Å². The van der Waals surface area contributed by atoms with E-state index in [-0.39, 0.29) is 31.0 Å². The molecule has 2 aromatic carbocycles. The van der Waals surface area contributed by atoms with E-state index in [1.54, 1.807) is 48.4 Å². The molecule has 1 unspecified atom stereocenters. The van der Waals surface area contributed by atoms with Crippen molar-refractivity contribution in [1.29, 1.82) is 0 Å². The Morgan fingerprint density at radius 1 is 1.03 bits per heavy atom. The van der Waals surface area contributed by atoms with Gasteiger partial charge in [-0.3, -0.25) is 9.59 Å². The van der Waals surface area contributed by atoms with Crippen LogP contribution in [0.1, 0.15) is 51.0 Å². The van der Waals surface area contributed by atoms with Crippen molar-refractivity contribution in [3.63, 3.8) is 0 Å². The first-order chi connectivity index (χ1) is 16.4. The molecule has 8 heteroatoms. The van der Waals surface area contributed by atoms with Gasteiger partial charge in [-0.15, -0.1) is 0 Å². The zero-order chi connectivity index (χ0) is 24.5. The molecule has 2 amide bonds. The number of methoxy groups -OCH3 is 1. The van der Waals surface area contributed by atoms with Crippen LogP contribution >= 0.6 is 23.2 Å². The normalized spacial score (nSPS) is 14.8. The topological polar surface area (TPSA) is 67.9 Å². The van der Waals surface area contributed by atoms with Gasteiger partial charge in [-0.2, -0.15) is 0 Å². The summed E-state index contributed by atoms with van der Waals surface area (Å²) >= 11 is 12.3. The van der Waals surface area contributed by atoms with E-state index in [4.69, 9.17) is 32.7 Å². The summed E-state index contributed by atoms with van der Waals surface area (Å²) in [6.07, 6.45) is 5.86. The van der Waals surface area contributed by atoms with Crippen LogP contribution in [0.3, 0.4) is 0 Å². The second-order valence-corrected chi connectivity index (χ2v) is 9.32. The SMILES string of the molecule is CCC(C(=O)NC1CCCCC1)N(Cc1ccc(Cl)c(Cl)c1)C(=O)COc1ccc(OC)cc1. The van der Waals surface area contributed by atoms with E-state index in [0.29, 0.717) is 28.0 Å². The molecule has 0 aromatic heterocycles. The van der Waals surface area contributed by atoms with Gasteiger partial charge in [-0.25, -0.2) is 0 Å². The van der Waals surface area contributed by atoms with Crippen molar-refractivity contribution < 1.29 is 19.1 Å². The molecule has 2 aromatic rings. The third kappa shape index (κ3) is 7.28. The molecule has 3 rings (SSSR count). The van der Waals surface area contributed by atoms with Crippen LogP contribution in [-0.4, -0.2) is 42.5 Å². The number of rotatable bonds is 10. The lowest BCUT2D eigenvalue weighted by molar-refractivity contribution is -0.143. The third-order valence-corrected chi connectivity index (χ3v) is 6.84. The highest BCUT2D eigenvalue weighted by Crippen LogP contribution is 2.25. The van der Waals surface area contributed by atoms with Crippen LogP contribution in [0.2, 0.25) is 10.0 Å². The van der Waals surface area contributed by atoms with Crippen molar-refractivity contribution in [2.24, 2.45) is 0 Å². The van der Waals surface area contributed by atoms with Crippen molar-refractivity contribution in [3.05, 3.63) is 58.1 Å².